The molecule has 2 fully saturated rings. The number of nitrogens with one attached hydrogen (secondary N) is 1. The van der Waals surface area contributed by atoms with Crippen molar-refractivity contribution in [2.24, 2.45) is 0 Å². The zero-order chi connectivity index (χ0) is 24.7. The standard InChI is InChI=1S/C27H30N6O2/c1-16-19(14-28)6-5-7-21(16)17(2)29-27-22-12-24(25(35-4)13-23(22)30-18(3)31-27)32-10-11-33-20(15-32)8-9-26(33)34/h5-7,12-13,17,20H,8-11,15H2,1-4H3,(H,29,30,31)/t17-,20?/m1/s1. The van der Waals surface area contributed by atoms with E-state index in [1.807, 2.05) is 43.0 Å². The SMILES string of the molecule is COc1cc2nc(C)nc(N[C@H](C)c3cccc(C#N)c3C)c2cc1N1CCN2C(=O)CCC2C1. The summed E-state index contributed by atoms with van der Waals surface area (Å²) in [7, 11) is 1.68. The van der Waals surface area contributed by atoms with Crippen molar-refractivity contribution in [1.82, 2.24) is 14.9 Å². The van der Waals surface area contributed by atoms with E-state index in [-0.39, 0.29) is 18.0 Å². The van der Waals surface area contributed by atoms with Gasteiger partial charge in [-0.3, -0.25) is 4.79 Å². The Morgan fingerprint density at radius 1 is 1.23 bits per heavy atom. The van der Waals surface area contributed by atoms with Gasteiger partial charge in [-0.05, 0) is 50.5 Å². The van der Waals surface area contributed by atoms with Gasteiger partial charge in [-0.1, -0.05) is 12.1 Å². The number of amides is 1. The van der Waals surface area contributed by atoms with E-state index < -0.39 is 0 Å². The number of benzene rings is 2. The van der Waals surface area contributed by atoms with E-state index in [4.69, 9.17) is 9.72 Å². The van der Waals surface area contributed by atoms with E-state index in [9.17, 15) is 10.1 Å². The monoisotopic (exact) mass is 470 g/mol. The third kappa shape index (κ3) is 4.12. The minimum atomic E-state index is -0.0561. The molecule has 1 aromatic heterocycles. The molecule has 0 aliphatic carbocycles. The van der Waals surface area contributed by atoms with Crippen LogP contribution in [0.4, 0.5) is 11.5 Å². The van der Waals surface area contributed by atoms with Crippen molar-refractivity contribution in [1.29, 1.82) is 5.26 Å². The highest BCUT2D eigenvalue weighted by molar-refractivity contribution is 5.94. The van der Waals surface area contributed by atoms with Crippen molar-refractivity contribution in [3.05, 3.63) is 52.8 Å². The lowest BCUT2D eigenvalue weighted by Crippen LogP contribution is -2.51. The van der Waals surface area contributed by atoms with Gasteiger partial charge < -0.3 is 19.9 Å². The molecule has 5 rings (SSSR count). The first-order valence-electron chi connectivity index (χ1n) is 12.1. The van der Waals surface area contributed by atoms with Crippen LogP contribution in [0.5, 0.6) is 5.75 Å². The number of nitriles is 1. The predicted octanol–water partition coefficient (Wildman–Crippen LogP) is 4.11. The molecule has 8 heteroatoms. The van der Waals surface area contributed by atoms with Crippen LogP contribution in [0.15, 0.2) is 30.3 Å². The number of hydrogen-bond donors (Lipinski definition) is 1. The van der Waals surface area contributed by atoms with E-state index in [1.54, 1.807) is 7.11 Å². The summed E-state index contributed by atoms with van der Waals surface area (Å²) in [6, 6.07) is 12.3. The van der Waals surface area contributed by atoms with Crippen LogP contribution >= 0.6 is 0 Å². The first kappa shape index (κ1) is 22.9. The van der Waals surface area contributed by atoms with Crippen LogP contribution in [0.1, 0.15) is 48.3 Å². The smallest absolute Gasteiger partial charge is 0.223 e. The van der Waals surface area contributed by atoms with Crippen molar-refractivity contribution in [2.75, 3.05) is 37.0 Å². The summed E-state index contributed by atoms with van der Waals surface area (Å²) in [5, 5.41) is 13.9. The van der Waals surface area contributed by atoms with Crippen LogP contribution in [0.25, 0.3) is 10.9 Å². The molecule has 2 saturated heterocycles. The molecule has 1 amide bonds. The van der Waals surface area contributed by atoms with E-state index in [0.717, 1.165) is 65.3 Å². The normalized spacial score (nSPS) is 18.4. The number of piperazine rings is 1. The average Bonchev–Trinajstić information content (AvgIpc) is 3.23. The molecule has 1 unspecified atom stereocenters. The minimum absolute atomic E-state index is 0.0561. The van der Waals surface area contributed by atoms with Gasteiger partial charge >= 0.3 is 0 Å². The lowest BCUT2D eigenvalue weighted by atomic mass is 9.98. The molecule has 2 aliphatic rings. The molecule has 2 aliphatic heterocycles. The zero-order valence-corrected chi connectivity index (χ0v) is 20.6. The van der Waals surface area contributed by atoms with Crippen LogP contribution in [0.2, 0.25) is 0 Å². The highest BCUT2D eigenvalue weighted by atomic mass is 16.5. The van der Waals surface area contributed by atoms with Gasteiger partial charge in [-0.15, -0.1) is 0 Å². The number of carbonyl (C=O) groups excluding carboxylic acids is 1. The first-order valence-corrected chi connectivity index (χ1v) is 12.1. The highest BCUT2D eigenvalue weighted by Crippen LogP contribution is 2.38. The van der Waals surface area contributed by atoms with Crippen LogP contribution in [0, 0.1) is 25.2 Å². The van der Waals surface area contributed by atoms with Gasteiger partial charge in [0.15, 0.2) is 0 Å². The summed E-state index contributed by atoms with van der Waals surface area (Å²) in [5.74, 6) is 2.45. The Morgan fingerprint density at radius 3 is 2.83 bits per heavy atom. The van der Waals surface area contributed by atoms with Gasteiger partial charge in [0, 0.05) is 43.5 Å². The number of hydrogen-bond acceptors (Lipinski definition) is 7. The van der Waals surface area contributed by atoms with Crippen LogP contribution in [0.3, 0.4) is 0 Å². The number of carbonyl (C=O) groups is 1. The number of ether oxygens (including phenoxy) is 1. The molecule has 180 valence electrons. The molecule has 35 heavy (non-hydrogen) atoms. The average molecular weight is 471 g/mol. The van der Waals surface area contributed by atoms with E-state index in [2.05, 4.69) is 34.3 Å². The summed E-state index contributed by atoms with van der Waals surface area (Å²) < 4.78 is 5.78. The van der Waals surface area contributed by atoms with Gasteiger partial charge in [-0.25, -0.2) is 9.97 Å². The number of rotatable bonds is 5. The Balaban J connectivity index is 1.53. The van der Waals surface area contributed by atoms with E-state index in [1.165, 1.54) is 0 Å². The van der Waals surface area contributed by atoms with Crippen LogP contribution < -0.4 is 15.0 Å². The lowest BCUT2D eigenvalue weighted by molar-refractivity contribution is -0.129. The van der Waals surface area contributed by atoms with Crippen LogP contribution in [-0.2, 0) is 4.79 Å². The fraction of sp³-hybridized carbons (Fsp3) is 0.407. The number of aryl methyl sites for hydroxylation is 1. The van der Waals surface area contributed by atoms with Crippen molar-refractivity contribution in [3.8, 4) is 11.8 Å². The fourth-order valence-electron chi connectivity index (χ4n) is 5.39. The third-order valence-electron chi connectivity index (χ3n) is 7.26. The summed E-state index contributed by atoms with van der Waals surface area (Å²) in [4.78, 5) is 25.9. The molecule has 0 spiro atoms. The molecule has 0 saturated carbocycles. The maximum atomic E-state index is 12.2. The molecule has 3 heterocycles. The van der Waals surface area contributed by atoms with Crippen LogP contribution in [-0.4, -0.2) is 53.6 Å². The summed E-state index contributed by atoms with van der Waals surface area (Å²) in [6.45, 7) is 8.22. The maximum absolute atomic E-state index is 12.2. The number of nitrogens with zero attached hydrogens (tertiary/aromatic N) is 5. The van der Waals surface area contributed by atoms with Gasteiger partial charge in [0.05, 0.1) is 36.0 Å². The Kier molecular flexibility index (Phi) is 5.93. The maximum Gasteiger partial charge on any atom is 0.223 e. The second kappa shape index (κ2) is 9.06. The van der Waals surface area contributed by atoms with Crippen molar-refractivity contribution in [3.63, 3.8) is 0 Å². The quantitative estimate of drug-likeness (QED) is 0.600. The number of aromatic nitrogens is 2. The van der Waals surface area contributed by atoms with Gasteiger partial charge in [-0.2, -0.15) is 5.26 Å². The summed E-state index contributed by atoms with van der Waals surface area (Å²) in [6.07, 6.45) is 1.54. The van der Waals surface area contributed by atoms with Gasteiger partial charge in [0.2, 0.25) is 5.91 Å². The molecule has 8 nitrogen and oxygen atoms in total. The van der Waals surface area contributed by atoms with E-state index >= 15 is 0 Å². The third-order valence-corrected chi connectivity index (χ3v) is 7.26. The second-order valence-corrected chi connectivity index (χ2v) is 9.38. The van der Waals surface area contributed by atoms with Crippen molar-refractivity contribution < 1.29 is 9.53 Å². The molecular formula is C27H30N6O2. The Morgan fingerprint density at radius 2 is 2.06 bits per heavy atom. The van der Waals surface area contributed by atoms with Gasteiger partial charge in [0.1, 0.15) is 17.4 Å². The van der Waals surface area contributed by atoms with Gasteiger partial charge in [0.25, 0.3) is 0 Å². The Labute approximate surface area is 205 Å². The fourth-order valence-corrected chi connectivity index (χ4v) is 5.39. The predicted molar refractivity (Wildman–Crippen MR) is 136 cm³/mol. The number of fused-ring (bicyclic) bond motifs is 2. The summed E-state index contributed by atoms with van der Waals surface area (Å²) >= 11 is 0. The largest absolute Gasteiger partial charge is 0.495 e. The molecule has 2 atom stereocenters. The Bertz CT molecular complexity index is 1350. The minimum Gasteiger partial charge on any atom is -0.495 e. The zero-order valence-electron chi connectivity index (χ0n) is 20.6. The first-order chi connectivity index (χ1) is 16.9. The molecular weight excluding hydrogens is 440 g/mol. The van der Waals surface area contributed by atoms with Crippen molar-refractivity contribution in [2.45, 2.75) is 45.7 Å². The molecule has 1 N–H and O–H groups in total. The van der Waals surface area contributed by atoms with Crippen molar-refractivity contribution >= 4 is 28.3 Å². The summed E-state index contributed by atoms with van der Waals surface area (Å²) in [5.41, 5.74) is 4.51. The highest BCUT2D eigenvalue weighted by Gasteiger charge is 2.36. The Hall–Kier alpha value is -3.86. The molecule has 3 aromatic rings. The van der Waals surface area contributed by atoms with E-state index in [0.29, 0.717) is 17.8 Å². The molecule has 0 bridgehead atoms. The second-order valence-electron chi connectivity index (χ2n) is 9.38. The lowest BCUT2D eigenvalue weighted by Gasteiger charge is -2.39. The molecule has 2 aromatic carbocycles. The topological polar surface area (TPSA) is 94.4 Å². The molecule has 0 radical (unpaired) electrons. The number of anilines is 2. The number of methoxy groups -OCH3 is 1.